The number of benzene rings is 3. The van der Waals surface area contributed by atoms with Gasteiger partial charge in [-0.2, -0.15) is 0 Å². The molecule has 4 aromatic rings. The number of methoxy groups -OCH3 is 1. The summed E-state index contributed by atoms with van der Waals surface area (Å²) < 4.78 is 7.59. The fourth-order valence-corrected chi connectivity index (χ4v) is 4.85. The first-order chi connectivity index (χ1) is 17.1. The molecule has 1 N–H and O–H groups in total. The third-order valence-electron chi connectivity index (χ3n) is 6.59. The molecule has 1 atom stereocenters. The van der Waals surface area contributed by atoms with Crippen LogP contribution in [-0.2, 0) is 17.9 Å². The molecular formula is C28H29ClN4O2. The molecule has 2 heterocycles. The molecule has 6 nitrogen and oxygen atoms in total. The molecule has 0 spiro atoms. The van der Waals surface area contributed by atoms with Crippen molar-refractivity contribution in [2.24, 2.45) is 5.92 Å². The summed E-state index contributed by atoms with van der Waals surface area (Å²) >= 11 is 5.97. The summed E-state index contributed by atoms with van der Waals surface area (Å²) in [5.74, 6) is 1.86. The molecule has 1 amide bonds. The van der Waals surface area contributed by atoms with Crippen LogP contribution in [0.3, 0.4) is 0 Å². The monoisotopic (exact) mass is 488 g/mol. The van der Waals surface area contributed by atoms with Crippen LogP contribution in [0, 0.1) is 5.92 Å². The van der Waals surface area contributed by atoms with Crippen LogP contribution in [0.2, 0.25) is 5.02 Å². The van der Waals surface area contributed by atoms with Crippen molar-refractivity contribution in [1.82, 2.24) is 14.5 Å². The normalized spacial score (nSPS) is 16.3. The van der Waals surface area contributed by atoms with E-state index in [1.807, 2.05) is 30.3 Å². The Balaban J connectivity index is 1.32. The second-order valence-electron chi connectivity index (χ2n) is 9.02. The average molecular weight is 489 g/mol. The molecule has 0 bridgehead atoms. The molecule has 0 unspecified atom stereocenters. The van der Waals surface area contributed by atoms with Crippen molar-refractivity contribution in [3.05, 3.63) is 89.2 Å². The van der Waals surface area contributed by atoms with Gasteiger partial charge >= 0.3 is 0 Å². The number of ether oxygens (including phenoxy) is 1. The number of rotatable bonds is 7. The average Bonchev–Trinajstić information content (AvgIpc) is 3.22. The van der Waals surface area contributed by atoms with Gasteiger partial charge in [-0.1, -0.05) is 35.9 Å². The van der Waals surface area contributed by atoms with Crippen LogP contribution >= 0.6 is 11.6 Å². The van der Waals surface area contributed by atoms with Gasteiger partial charge in [-0.05, 0) is 73.5 Å². The molecule has 1 saturated heterocycles. The number of hydrogen-bond donors (Lipinski definition) is 1. The van der Waals surface area contributed by atoms with Crippen molar-refractivity contribution in [3.8, 4) is 5.75 Å². The number of carbonyl (C=O) groups excluding carboxylic acids is 1. The van der Waals surface area contributed by atoms with E-state index in [0.29, 0.717) is 18.1 Å². The van der Waals surface area contributed by atoms with E-state index >= 15 is 0 Å². The zero-order valence-corrected chi connectivity index (χ0v) is 20.5. The Bertz CT molecular complexity index is 1300. The molecule has 0 saturated carbocycles. The van der Waals surface area contributed by atoms with E-state index in [-0.39, 0.29) is 11.8 Å². The summed E-state index contributed by atoms with van der Waals surface area (Å²) in [6.45, 7) is 3.10. The van der Waals surface area contributed by atoms with Crippen LogP contribution in [0.1, 0.15) is 24.2 Å². The molecule has 1 aromatic heterocycles. The smallest absolute Gasteiger partial charge is 0.228 e. The molecule has 1 aliphatic heterocycles. The van der Waals surface area contributed by atoms with Gasteiger partial charge in [-0.25, -0.2) is 4.98 Å². The topological polar surface area (TPSA) is 59.4 Å². The van der Waals surface area contributed by atoms with Gasteiger partial charge in [0.15, 0.2) is 0 Å². The highest BCUT2D eigenvalue weighted by atomic mass is 35.5. The Morgan fingerprint density at radius 3 is 2.60 bits per heavy atom. The standard InChI is InChI=1S/C28H29ClN4O2/c1-35-24-14-8-20(9-15-24)17-33-26-7-3-2-6-25(26)31-27(33)19-32-16-4-5-21(18-32)28(34)30-23-12-10-22(29)11-13-23/h2-3,6-15,21H,4-5,16-19H2,1H3,(H,30,34)/t21-/m1/s1. The second kappa shape index (κ2) is 10.5. The van der Waals surface area contributed by atoms with E-state index < -0.39 is 0 Å². The SMILES string of the molecule is COc1ccc(Cn2c(CN3CCC[C@@H](C(=O)Nc4ccc(Cl)cc4)C3)nc3ccccc32)cc1. The number of amides is 1. The van der Waals surface area contributed by atoms with Crippen molar-refractivity contribution < 1.29 is 9.53 Å². The Labute approximate surface area is 210 Å². The van der Waals surface area contributed by atoms with Gasteiger partial charge in [0.2, 0.25) is 5.91 Å². The number of para-hydroxylation sites is 2. The number of anilines is 1. The third kappa shape index (κ3) is 5.50. The number of imidazole rings is 1. The van der Waals surface area contributed by atoms with Gasteiger partial charge in [-0.3, -0.25) is 9.69 Å². The maximum absolute atomic E-state index is 12.9. The molecule has 0 radical (unpaired) electrons. The van der Waals surface area contributed by atoms with Crippen molar-refractivity contribution in [3.63, 3.8) is 0 Å². The number of carbonyl (C=O) groups is 1. The number of aromatic nitrogens is 2. The number of nitrogens with one attached hydrogen (secondary N) is 1. The fourth-order valence-electron chi connectivity index (χ4n) is 4.73. The Kier molecular flexibility index (Phi) is 7.02. The fraction of sp³-hybridized carbons (Fsp3) is 0.286. The van der Waals surface area contributed by atoms with Gasteiger partial charge in [0, 0.05) is 23.8 Å². The van der Waals surface area contributed by atoms with Crippen LogP contribution in [0.15, 0.2) is 72.8 Å². The Morgan fingerprint density at radius 1 is 1.06 bits per heavy atom. The number of halogens is 1. The molecular weight excluding hydrogens is 460 g/mol. The van der Waals surface area contributed by atoms with Crippen molar-refractivity contribution in [2.45, 2.75) is 25.9 Å². The first-order valence-electron chi connectivity index (χ1n) is 11.9. The lowest BCUT2D eigenvalue weighted by atomic mass is 9.97. The highest BCUT2D eigenvalue weighted by molar-refractivity contribution is 6.30. The van der Waals surface area contributed by atoms with Crippen LogP contribution in [-0.4, -0.2) is 40.6 Å². The second-order valence-corrected chi connectivity index (χ2v) is 9.46. The molecule has 3 aromatic carbocycles. The molecule has 35 heavy (non-hydrogen) atoms. The minimum absolute atomic E-state index is 0.0566. The van der Waals surface area contributed by atoms with Crippen LogP contribution in [0.25, 0.3) is 11.0 Å². The maximum Gasteiger partial charge on any atom is 0.228 e. The number of fused-ring (bicyclic) bond motifs is 1. The molecule has 1 fully saturated rings. The van der Waals surface area contributed by atoms with E-state index in [1.54, 1.807) is 19.2 Å². The van der Waals surface area contributed by atoms with Crippen molar-refractivity contribution in [2.75, 3.05) is 25.5 Å². The highest BCUT2D eigenvalue weighted by Gasteiger charge is 2.27. The molecule has 1 aliphatic rings. The Hall–Kier alpha value is -3.35. The number of piperidine rings is 1. The maximum atomic E-state index is 12.9. The predicted molar refractivity (Wildman–Crippen MR) is 140 cm³/mol. The van der Waals surface area contributed by atoms with Gasteiger partial charge in [-0.15, -0.1) is 0 Å². The molecule has 0 aliphatic carbocycles. The summed E-state index contributed by atoms with van der Waals surface area (Å²) in [4.78, 5) is 20.3. The number of likely N-dealkylation sites (tertiary alicyclic amines) is 1. The summed E-state index contributed by atoms with van der Waals surface area (Å²) in [5, 5.41) is 3.70. The van der Waals surface area contributed by atoms with Crippen LogP contribution < -0.4 is 10.1 Å². The lowest BCUT2D eigenvalue weighted by Crippen LogP contribution is -2.40. The zero-order valence-electron chi connectivity index (χ0n) is 19.8. The zero-order chi connectivity index (χ0) is 24.2. The summed E-state index contributed by atoms with van der Waals surface area (Å²) in [6.07, 6.45) is 1.87. The van der Waals surface area contributed by atoms with E-state index in [2.05, 4.69) is 45.1 Å². The largest absolute Gasteiger partial charge is 0.497 e. The lowest BCUT2D eigenvalue weighted by Gasteiger charge is -2.31. The first-order valence-corrected chi connectivity index (χ1v) is 12.3. The molecule has 180 valence electrons. The van der Waals surface area contributed by atoms with Gasteiger partial charge in [0.25, 0.3) is 0 Å². The van der Waals surface area contributed by atoms with Gasteiger partial charge in [0.05, 0.1) is 30.6 Å². The minimum Gasteiger partial charge on any atom is -0.497 e. The van der Waals surface area contributed by atoms with Crippen molar-refractivity contribution >= 4 is 34.2 Å². The van der Waals surface area contributed by atoms with E-state index in [4.69, 9.17) is 21.3 Å². The summed E-state index contributed by atoms with van der Waals surface area (Å²) in [7, 11) is 1.68. The molecule has 5 rings (SSSR count). The predicted octanol–water partition coefficient (Wildman–Crippen LogP) is 5.60. The van der Waals surface area contributed by atoms with Gasteiger partial charge in [0.1, 0.15) is 11.6 Å². The van der Waals surface area contributed by atoms with E-state index in [0.717, 1.165) is 54.2 Å². The minimum atomic E-state index is -0.0566. The highest BCUT2D eigenvalue weighted by Crippen LogP contribution is 2.24. The van der Waals surface area contributed by atoms with Gasteiger partial charge < -0.3 is 14.6 Å². The molecule has 7 heteroatoms. The number of nitrogens with zero attached hydrogens (tertiary/aromatic N) is 3. The van der Waals surface area contributed by atoms with E-state index in [1.165, 1.54) is 5.56 Å². The summed E-state index contributed by atoms with van der Waals surface area (Å²) in [6, 6.07) is 23.7. The quantitative estimate of drug-likeness (QED) is 0.368. The lowest BCUT2D eigenvalue weighted by molar-refractivity contribution is -0.121. The van der Waals surface area contributed by atoms with E-state index in [9.17, 15) is 4.79 Å². The first kappa shape index (κ1) is 23.4. The number of hydrogen-bond acceptors (Lipinski definition) is 4. The van der Waals surface area contributed by atoms with Crippen molar-refractivity contribution in [1.29, 1.82) is 0 Å². The van der Waals surface area contributed by atoms with Crippen LogP contribution in [0.5, 0.6) is 5.75 Å². The Morgan fingerprint density at radius 2 is 1.83 bits per heavy atom. The summed E-state index contributed by atoms with van der Waals surface area (Å²) in [5.41, 5.74) is 4.07. The van der Waals surface area contributed by atoms with Crippen LogP contribution in [0.4, 0.5) is 5.69 Å². The third-order valence-corrected chi connectivity index (χ3v) is 6.84.